The van der Waals surface area contributed by atoms with E-state index in [9.17, 15) is 9.90 Å². The molecule has 0 saturated heterocycles. The maximum atomic E-state index is 11.3. The van der Waals surface area contributed by atoms with Crippen LogP contribution in [0.5, 0.6) is 0 Å². The van der Waals surface area contributed by atoms with Gasteiger partial charge in [-0.15, -0.1) is 0 Å². The van der Waals surface area contributed by atoms with Gasteiger partial charge in [0, 0.05) is 6.42 Å². The zero-order valence-corrected chi connectivity index (χ0v) is 11.5. The van der Waals surface area contributed by atoms with Gasteiger partial charge < -0.3 is 9.84 Å². The van der Waals surface area contributed by atoms with Crippen LogP contribution in [-0.2, 0) is 22.6 Å². The number of hydrogen-bond acceptors (Lipinski definition) is 2. The van der Waals surface area contributed by atoms with E-state index in [0.29, 0.717) is 13.0 Å². The van der Waals surface area contributed by atoms with Crippen LogP contribution in [0.1, 0.15) is 16.7 Å². The molecule has 0 amide bonds. The lowest BCUT2D eigenvalue weighted by molar-refractivity contribution is -0.151. The summed E-state index contributed by atoms with van der Waals surface area (Å²) in [6.07, 6.45) is -0.439. The van der Waals surface area contributed by atoms with Gasteiger partial charge in [0.05, 0.1) is 6.61 Å². The smallest absolute Gasteiger partial charge is 0.333 e. The van der Waals surface area contributed by atoms with Crippen molar-refractivity contribution in [3.63, 3.8) is 0 Å². The minimum atomic E-state index is -0.927. The van der Waals surface area contributed by atoms with Crippen molar-refractivity contribution < 1.29 is 14.6 Å². The van der Waals surface area contributed by atoms with Crippen LogP contribution < -0.4 is 0 Å². The molecule has 1 N–H and O–H groups in total. The Morgan fingerprint density at radius 2 is 1.75 bits per heavy atom. The number of rotatable bonds is 6. The first-order valence-corrected chi connectivity index (χ1v) is 6.59. The molecule has 1 atom stereocenters. The first-order valence-electron chi connectivity index (χ1n) is 6.59. The fourth-order valence-corrected chi connectivity index (χ4v) is 2.03. The van der Waals surface area contributed by atoms with Gasteiger partial charge in [-0.25, -0.2) is 4.79 Å². The Morgan fingerprint density at radius 1 is 1.10 bits per heavy atom. The van der Waals surface area contributed by atoms with Gasteiger partial charge in [0.1, 0.15) is 0 Å². The van der Waals surface area contributed by atoms with E-state index >= 15 is 0 Å². The number of ether oxygens (including phenoxy) is 1. The molecule has 3 nitrogen and oxygen atoms in total. The van der Waals surface area contributed by atoms with Crippen molar-refractivity contribution in [2.45, 2.75) is 26.1 Å². The second-order valence-corrected chi connectivity index (χ2v) is 4.75. The highest BCUT2D eigenvalue weighted by atomic mass is 16.5. The van der Waals surface area contributed by atoms with Crippen LogP contribution in [0.3, 0.4) is 0 Å². The van der Waals surface area contributed by atoms with E-state index in [4.69, 9.17) is 4.74 Å². The lowest BCUT2D eigenvalue weighted by atomic mass is 10.0. The van der Waals surface area contributed by atoms with E-state index in [-0.39, 0.29) is 0 Å². The van der Waals surface area contributed by atoms with Crippen LogP contribution >= 0.6 is 0 Å². The summed E-state index contributed by atoms with van der Waals surface area (Å²) in [6.45, 7) is 2.29. The van der Waals surface area contributed by atoms with Crippen LogP contribution in [0.2, 0.25) is 0 Å². The summed E-state index contributed by atoms with van der Waals surface area (Å²) in [6, 6.07) is 17.4. The molecule has 0 aliphatic heterocycles. The lowest BCUT2D eigenvalue weighted by Gasteiger charge is -2.15. The quantitative estimate of drug-likeness (QED) is 0.876. The minimum Gasteiger partial charge on any atom is -0.479 e. The summed E-state index contributed by atoms with van der Waals surface area (Å²) in [5.41, 5.74) is 3.07. The predicted octanol–water partition coefficient (Wildman–Crippen LogP) is 3.21. The van der Waals surface area contributed by atoms with Gasteiger partial charge in [0.25, 0.3) is 0 Å². The molecule has 0 aliphatic carbocycles. The number of carboxylic acid groups (broad SMARTS) is 1. The molecule has 0 saturated carbocycles. The third kappa shape index (κ3) is 3.93. The summed E-state index contributed by atoms with van der Waals surface area (Å²) in [7, 11) is 0. The second kappa shape index (κ2) is 6.87. The Labute approximate surface area is 118 Å². The van der Waals surface area contributed by atoms with Gasteiger partial charge in [-0.05, 0) is 23.6 Å². The topological polar surface area (TPSA) is 46.5 Å². The van der Waals surface area contributed by atoms with E-state index in [1.54, 1.807) is 0 Å². The molecule has 2 aromatic rings. The van der Waals surface area contributed by atoms with E-state index in [2.05, 4.69) is 0 Å². The van der Waals surface area contributed by atoms with Crippen LogP contribution in [0.15, 0.2) is 54.6 Å². The molecule has 0 radical (unpaired) electrons. The molecule has 0 unspecified atom stereocenters. The lowest BCUT2D eigenvalue weighted by Crippen LogP contribution is -2.26. The van der Waals surface area contributed by atoms with E-state index < -0.39 is 12.1 Å². The predicted molar refractivity (Wildman–Crippen MR) is 77.5 cm³/mol. The maximum Gasteiger partial charge on any atom is 0.333 e. The number of carboxylic acids is 1. The Bertz CT molecular complexity index is 563. The highest BCUT2D eigenvalue weighted by Crippen LogP contribution is 2.13. The zero-order valence-electron chi connectivity index (χ0n) is 11.5. The average molecular weight is 270 g/mol. The zero-order chi connectivity index (χ0) is 14.4. The maximum absolute atomic E-state index is 11.3. The van der Waals surface area contributed by atoms with Gasteiger partial charge in [-0.3, -0.25) is 0 Å². The number of aryl methyl sites for hydroxylation is 1. The molecule has 0 bridgehead atoms. The first-order chi connectivity index (χ1) is 9.66. The number of aliphatic carboxylic acids is 1. The van der Waals surface area contributed by atoms with E-state index in [0.717, 1.165) is 16.7 Å². The molecule has 104 valence electrons. The molecular formula is C17H18O3. The largest absolute Gasteiger partial charge is 0.479 e. The molecule has 0 aliphatic rings. The molecule has 3 heteroatoms. The van der Waals surface area contributed by atoms with Gasteiger partial charge in [-0.2, -0.15) is 0 Å². The van der Waals surface area contributed by atoms with Gasteiger partial charge in [0.15, 0.2) is 6.10 Å². The molecule has 2 aromatic carbocycles. The second-order valence-electron chi connectivity index (χ2n) is 4.75. The van der Waals surface area contributed by atoms with Crippen molar-refractivity contribution in [3.8, 4) is 0 Å². The molecule has 0 heterocycles. The summed E-state index contributed by atoms with van der Waals surface area (Å²) >= 11 is 0. The van der Waals surface area contributed by atoms with Crippen molar-refractivity contribution in [1.82, 2.24) is 0 Å². The first kappa shape index (κ1) is 14.3. The van der Waals surface area contributed by atoms with Gasteiger partial charge >= 0.3 is 5.97 Å². The van der Waals surface area contributed by atoms with Gasteiger partial charge in [-0.1, -0.05) is 54.6 Å². The SMILES string of the molecule is Cc1ccccc1C[C@H](OCc1ccccc1)C(=O)O. The van der Waals surface area contributed by atoms with Crippen LogP contribution in [0, 0.1) is 6.92 Å². The number of benzene rings is 2. The normalized spacial score (nSPS) is 12.1. The van der Waals surface area contributed by atoms with E-state index in [1.165, 1.54) is 0 Å². The molecule has 0 aromatic heterocycles. The average Bonchev–Trinajstić information content (AvgIpc) is 2.46. The monoisotopic (exact) mass is 270 g/mol. The molecular weight excluding hydrogens is 252 g/mol. The van der Waals surface area contributed by atoms with Crippen molar-refractivity contribution in [1.29, 1.82) is 0 Å². The Hall–Kier alpha value is -2.13. The summed E-state index contributed by atoms with van der Waals surface area (Å²) in [5.74, 6) is -0.927. The third-order valence-corrected chi connectivity index (χ3v) is 3.24. The minimum absolute atomic E-state index is 0.309. The van der Waals surface area contributed by atoms with Crippen molar-refractivity contribution in [3.05, 3.63) is 71.3 Å². The van der Waals surface area contributed by atoms with Crippen molar-refractivity contribution >= 4 is 5.97 Å². The van der Waals surface area contributed by atoms with Crippen molar-refractivity contribution in [2.24, 2.45) is 0 Å². The van der Waals surface area contributed by atoms with Crippen LogP contribution in [0.4, 0.5) is 0 Å². The third-order valence-electron chi connectivity index (χ3n) is 3.24. The molecule has 0 fully saturated rings. The molecule has 2 rings (SSSR count). The summed E-state index contributed by atoms with van der Waals surface area (Å²) in [4.78, 5) is 11.3. The molecule has 0 spiro atoms. The van der Waals surface area contributed by atoms with Crippen molar-refractivity contribution in [2.75, 3.05) is 0 Å². The summed E-state index contributed by atoms with van der Waals surface area (Å²) < 4.78 is 5.55. The number of hydrogen-bond donors (Lipinski definition) is 1. The highest BCUT2D eigenvalue weighted by Gasteiger charge is 2.19. The number of carbonyl (C=O) groups is 1. The van der Waals surface area contributed by atoms with E-state index in [1.807, 2.05) is 61.5 Å². The highest BCUT2D eigenvalue weighted by molar-refractivity contribution is 5.72. The van der Waals surface area contributed by atoms with Gasteiger partial charge in [0.2, 0.25) is 0 Å². The Balaban J connectivity index is 2.01. The fraction of sp³-hybridized carbons (Fsp3) is 0.235. The Kier molecular flexibility index (Phi) is 4.91. The van der Waals surface area contributed by atoms with Crippen LogP contribution in [-0.4, -0.2) is 17.2 Å². The standard InChI is InChI=1S/C17H18O3/c1-13-7-5-6-10-15(13)11-16(17(18)19)20-12-14-8-3-2-4-9-14/h2-10,16H,11-12H2,1H3,(H,18,19)/t16-/m0/s1. The fourth-order valence-electron chi connectivity index (χ4n) is 2.03. The Morgan fingerprint density at radius 3 is 2.40 bits per heavy atom. The molecule has 20 heavy (non-hydrogen) atoms. The summed E-state index contributed by atoms with van der Waals surface area (Å²) in [5, 5.41) is 9.28. The van der Waals surface area contributed by atoms with Crippen LogP contribution in [0.25, 0.3) is 0 Å².